The molecule has 0 aliphatic rings. The van der Waals surface area contributed by atoms with Gasteiger partial charge in [-0.25, -0.2) is 4.79 Å². The van der Waals surface area contributed by atoms with E-state index in [1.165, 1.54) is 25.7 Å². The van der Waals surface area contributed by atoms with Crippen LogP contribution in [0.4, 0.5) is 0 Å². The number of carbonyl (C=O) groups excluding carboxylic acids is 1. The van der Waals surface area contributed by atoms with Crippen LogP contribution in [0.3, 0.4) is 0 Å². The molecule has 0 aliphatic carbocycles. The van der Waals surface area contributed by atoms with E-state index in [1.807, 2.05) is 37.3 Å². The minimum Gasteiger partial charge on any atom is -0.465 e. The van der Waals surface area contributed by atoms with Crippen molar-refractivity contribution in [1.29, 1.82) is 0 Å². The van der Waals surface area contributed by atoms with Crippen LogP contribution in [0.1, 0.15) is 98.8 Å². The lowest BCUT2D eigenvalue weighted by Crippen LogP contribution is -2.36. The number of aromatic nitrogens is 2. The Hall–Kier alpha value is -2.63. The zero-order chi connectivity index (χ0) is 27.3. The summed E-state index contributed by atoms with van der Waals surface area (Å²) in [5.41, 5.74) is 0.259. The van der Waals surface area contributed by atoms with Gasteiger partial charge in [-0.3, -0.25) is 19.1 Å². The molecule has 0 spiro atoms. The van der Waals surface area contributed by atoms with Gasteiger partial charge in [-0.1, -0.05) is 103 Å². The summed E-state index contributed by atoms with van der Waals surface area (Å²) in [5.74, 6) is 0.697. The number of unbranched alkanes of at least 4 members (excludes halogenated alkanes) is 8. The molecule has 0 saturated heterocycles. The van der Waals surface area contributed by atoms with E-state index in [9.17, 15) is 14.4 Å². The molecule has 1 N–H and O–H groups in total. The second kappa shape index (κ2) is 15.6. The monoisotopic (exact) mass is 512 g/mol. The van der Waals surface area contributed by atoms with Gasteiger partial charge < -0.3 is 4.74 Å². The lowest BCUT2D eigenvalue weighted by Gasteiger charge is -2.32. The Morgan fingerprint density at radius 1 is 0.892 bits per heavy atom. The van der Waals surface area contributed by atoms with Gasteiger partial charge in [0.05, 0.1) is 17.6 Å². The van der Waals surface area contributed by atoms with Crippen LogP contribution in [0, 0.1) is 17.3 Å². The molecule has 0 radical (unpaired) electrons. The molecule has 1 unspecified atom stereocenters. The van der Waals surface area contributed by atoms with E-state index in [0.29, 0.717) is 24.6 Å². The molecule has 2 aromatic rings. The molecule has 1 aromatic heterocycles. The average molecular weight is 513 g/mol. The number of ether oxygens (including phenoxy) is 1. The summed E-state index contributed by atoms with van der Waals surface area (Å²) in [6.45, 7) is 11.7. The van der Waals surface area contributed by atoms with E-state index in [-0.39, 0.29) is 23.1 Å². The first-order valence-electron chi connectivity index (χ1n) is 14.2. The summed E-state index contributed by atoms with van der Waals surface area (Å²) in [6, 6.07) is 9.43. The highest BCUT2D eigenvalue weighted by Crippen LogP contribution is 2.35. The van der Waals surface area contributed by atoms with Crippen LogP contribution < -0.4 is 11.2 Å². The lowest BCUT2D eigenvalue weighted by molar-refractivity contribution is -0.159. The first-order chi connectivity index (χ1) is 17.6. The molecule has 0 amide bonds. The number of nitrogens with one attached hydrogen (secondary N) is 1. The maximum Gasteiger partial charge on any atom is 0.328 e. The molecule has 0 bridgehead atoms. The fourth-order valence-electron chi connectivity index (χ4n) is 4.85. The molecule has 2 rings (SSSR count). The van der Waals surface area contributed by atoms with Crippen LogP contribution in [0.5, 0.6) is 0 Å². The SMILES string of the molecule is CC(C)CC(C)(C(=O)OCCCCCCCCCCCn1cc(-c2ccccc2)c(=O)[nH]c1=O)C(C)C. The smallest absolute Gasteiger partial charge is 0.328 e. The summed E-state index contributed by atoms with van der Waals surface area (Å²) in [5, 5.41) is 0. The molecule has 1 aromatic carbocycles. The highest BCUT2D eigenvalue weighted by atomic mass is 16.5. The molecule has 6 heteroatoms. The van der Waals surface area contributed by atoms with E-state index in [0.717, 1.165) is 44.1 Å². The van der Waals surface area contributed by atoms with E-state index < -0.39 is 5.41 Å². The van der Waals surface area contributed by atoms with E-state index >= 15 is 0 Å². The van der Waals surface area contributed by atoms with Crippen LogP contribution in [0.15, 0.2) is 46.1 Å². The van der Waals surface area contributed by atoms with Gasteiger partial charge in [0, 0.05) is 12.7 Å². The van der Waals surface area contributed by atoms with Crippen LogP contribution in [0.25, 0.3) is 11.1 Å². The van der Waals surface area contributed by atoms with Crippen molar-refractivity contribution in [3.8, 4) is 11.1 Å². The molecule has 0 saturated carbocycles. The zero-order valence-corrected chi connectivity index (χ0v) is 23.7. The number of hydrogen-bond donors (Lipinski definition) is 1. The second-order valence-electron chi connectivity index (χ2n) is 11.3. The van der Waals surface area contributed by atoms with Crippen molar-refractivity contribution in [3.05, 3.63) is 57.4 Å². The van der Waals surface area contributed by atoms with E-state index in [4.69, 9.17) is 4.74 Å². The largest absolute Gasteiger partial charge is 0.465 e. The van der Waals surface area contributed by atoms with Gasteiger partial charge in [0.1, 0.15) is 0 Å². The summed E-state index contributed by atoms with van der Waals surface area (Å²) < 4.78 is 7.26. The number of nitrogens with zero attached hydrogens (tertiary/aromatic N) is 1. The minimum absolute atomic E-state index is 0.0448. The lowest BCUT2D eigenvalue weighted by atomic mass is 9.73. The minimum atomic E-state index is -0.399. The van der Waals surface area contributed by atoms with Gasteiger partial charge in [-0.2, -0.15) is 0 Å². The fourth-order valence-corrected chi connectivity index (χ4v) is 4.85. The Balaban J connectivity index is 1.56. The summed E-state index contributed by atoms with van der Waals surface area (Å²) in [6.07, 6.45) is 12.4. The molecule has 37 heavy (non-hydrogen) atoms. The van der Waals surface area contributed by atoms with Crippen molar-refractivity contribution in [3.63, 3.8) is 0 Å². The number of aryl methyl sites for hydroxylation is 1. The van der Waals surface area contributed by atoms with Gasteiger partial charge in [0.15, 0.2) is 0 Å². The highest BCUT2D eigenvalue weighted by Gasteiger charge is 2.38. The third-order valence-electron chi connectivity index (χ3n) is 7.45. The average Bonchev–Trinajstić information content (AvgIpc) is 2.85. The summed E-state index contributed by atoms with van der Waals surface area (Å²) in [7, 11) is 0. The van der Waals surface area contributed by atoms with Crippen LogP contribution in [-0.4, -0.2) is 22.1 Å². The molecule has 0 aliphatic heterocycles. The zero-order valence-electron chi connectivity index (χ0n) is 23.7. The predicted octanol–water partition coefficient (Wildman–Crippen LogP) is 6.97. The molecule has 1 atom stereocenters. The summed E-state index contributed by atoms with van der Waals surface area (Å²) >= 11 is 0. The van der Waals surface area contributed by atoms with E-state index in [1.54, 1.807) is 10.8 Å². The number of rotatable bonds is 17. The number of benzene rings is 1. The predicted molar refractivity (Wildman–Crippen MR) is 152 cm³/mol. The standard InChI is InChI=1S/C31H48N2O4/c1-24(2)22-31(5,25(3)4)29(35)37-21-17-12-10-8-6-7-9-11-16-20-33-23-27(28(34)32-30(33)36)26-18-14-13-15-19-26/h13-15,18-19,23-25H,6-12,16-17,20-22H2,1-5H3,(H,32,34,36). The van der Waals surface area contributed by atoms with Gasteiger partial charge >= 0.3 is 11.7 Å². The van der Waals surface area contributed by atoms with Crippen molar-refractivity contribution >= 4 is 5.97 Å². The third-order valence-corrected chi connectivity index (χ3v) is 7.45. The molecule has 206 valence electrons. The normalized spacial score (nSPS) is 13.2. The Kier molecular flexibility index (Phi) is 12.9. The fraction of sp³-hybridized carbons (Fsp3) is 0.645. The Morgan fingerprint density at radius 3 is 2.03 bits per heavy atom. The first-order valence-corrected chi connectivity index (χ1v) is 14.2. The van der Waals surface area contributed by atoms with Crippen molar-refractivity contribution in [2.45, 2.75) is 105 Å². The molecule has 6 nitrogen and oxygen atoms in total. The third kappa shape index (κ3) is 9.98. The van der Waals surface area contributed by atoms with Gasteiger partial charge in [0.25, 0.3) is 5.56 Å². The van der Waals surface area contributed by atoms with Crippen LogP contribution >= 0.6 is 0 Å². The van der Waals surface area contributed by atoms with Gasteiger partial charge in [-0.05, 0) is 43.6 Å². The van der Waals surface area contributed by atoms with Gasteiger partial charge in [0.2, 0.25) is 0 Å². The van der Waals surface area contributed by atoms with Crippen LogP contribution in [0.2, 0.25) is 0 Å². The van der Waals surface area contributed by atoms with Crippen molar-refractivity contribution in [1.82, 2.24) is 9.55 Å². The highest BCUT2D eigenvalue weighted by molar-refractivity contribution is 5.76. The van der Waals surface area contributed by atoms with Crippen molar-refractivity contribution in [2.75, 3.05) is 6.61 Å². The van der Waals surface area contributed by atoms with Crippen molar-refractivity contribution in [2.24, 2.45) is 17.3 Å². The maximum atomic E-state index is 12.7. The summed E-state index contributed by atoms with van der Waals surface area (Å²) in [4.78, 5) is 39.5. The Bertz CT molecular complexity index is 1050. The molecular weight excluding hydrogens is 464 g/mol. The number of H-pyrrole nitrogens is 1. The molecule has 1 heterocycles. The number of aromatic amines is 1. The molecule has 0 fully saturated rings. The van der Waals surface area contributed by atoms with Crippen LogP contribution in [-0.2, 0) is 16.1 Å². The molecular formula is C31H48N2O4. The quantitative estimate of drug-likeness (QED) is 0.183. The van der Waals surface area contributed by atoms with E-state index in [2.05, 4.69) is 32.7 Å². The number of carbonyl (C=O) groups is 1. The Morgan fingerprint density at radius 2 is 1.46 bits per heavy atom. The Labute approximate surface area is 222 Å². The van der Waals surface area contributed by atoms with Gasteiger partial charge in [-0.15, -0.1) is 0 Å². The first kappa shape index (κ1) is 30.6. The number of hydrogen-bond acceptors (Lipinski definition) is 4. The topological polar surface area (TPSA) is 81.2 Å². The number of esters is 1. The second-order valence-corrected chi connectivity index (χ2v) is 11.3. The van der Waals surface area contributed by atoms with Crippen molar-refractivity contribution < 1.29 is 9.53 Å². The maximum absolute atomic E-state index is 12.7.